The van der Waals surface area contributed by atoms with E-state index in [-0.39, 0.29) is 5.91 Å². The molecule has 1 aliphatic rings. The SMILES string of the molecule is O=C(Cc1n[nH]c2c1CCCC2)Nc1ccc2cccnc2c1. The second-order valence-corrected chi connectivity index (χ2v) is 5.97. The summed E-state index contributed by atoms with van der Waals surface area (Å²) in [5.74, 6) is -0.0415. The monoisotopic (exact) mass is 306 g/mol. The Balaban J connectivity index is 1.50. The summed E-state index contributed by atoms with van der Waals surface area (Å²) in [6.45, 7) is 0. The summed E-state index contributed by atoms with van der Waals surface area (Å²) in [6.07, 6.45) is 6.51. The Morgan fingerprint density at radius 3 is 3.09 bits per heavy atom. The van der Waals surface area contributed by atoms with E-state index < -0.39 is 0 Å². The molecule has 2 heterocycles. The Labute approximate surface area is 134 Å². The van der Waals surface area contributed by atoms with Crippen LogP contribution >= 0.6 is 0 Å². The number of H-pyrrole nitrogens is 1. The number of nitrogens with one attached hydrogen (secondary N) is 2. The lowest BCUT2D eigenvalue weighted by Crippen LogP contribution is -2.16. The van der Waals surface area contributed by atoms with Crippen LogP contribution in [0.25, 0.3) is 10.9 Å². The van der Waals surface area contributed by atoms with Gasteiger partial charge in [0, 0.05) is 23.0 Å². The second kappa shape index (κ2) is 5.83. The predicted octanol–water partition coefficient (Wildman–Crippen LogP) is 3.02. The zero-order valence-electron chi connectivity index (χ0n) is 12.8. The highest BCUT2D eigenvalue weighted by Crippen LogP contribution is 2.23. The number of amides is 1. The zero-order chi connectivity index (χ0) is 15.6. The molecule has 0 fully saturated rings. The molecule has 2 aromatic heterocycles. The van der Waals surface area contributed by atoms with Crippen LogP contribution in [0.5, 0.6) is 0 Å². The Bertz CT molecular complexity index is 868. The first kappa shape index (κ1) is 13.9. The van der Waals surface area contributed by atoms with Crippen LogP contribution in [0.4, 0.5) is 5.69 Å². The Morgan fingerprint density at radius 2 is 2.13 bits per heavy atom. The Hall–Kier alpha value is -2.69. The number of pyridine rings is 1. The van der Waals surface area contributed by atoms with Crippen molar-refractivity contribution in [1.29, 1.82) is 0 Å². The van der Waals surface area contributed by atoms with Crippen molar-refractivity contribution in [3.05, 3.63) is 53.5 Å². The minimum Gasteiger partial charge on any atom is -0.326 e. The highest BCUT2D eigenvalue weighted by molar-refractivity contribution is 5.94. The first-order chi connectivity index (χ1) is 11.3. The molecule has 2 N–H and O–H groups in total. The lowest BCUT2D eigenvalue weighted by atomic mass is 9.95. The summed E-state index contributed by atoms with van der Waals surface area (Å²) >= 11 is 0. The molecule has 0 radical (unpaired) electrons. The summed E-state index contributed by atoms with van der Waals surface area (Å²) in [4.78, 5) is 16.6. The number of aromatic nitrogens is 3. The van der Waals surface area contributed by atoms with Gasteiger partial charge in [-0.25, -0.2) is 0 Å². The number of hydrogen-bond acceptors (Lipinski definition) is 3. The molecule has 0 aliphatic heterocycles. The van der Waals surface area contributed by atoms with Gasteiger partial charge in [-0.1, -0.05) is 12.1 Å². The molecular weight excluding hydrogens is 288 g/mol. The van der Waals surface area contributed by atoms with Crippen LogP contribution in [-0.4, -0.2) is 21.1 Å². The average molecular weight is 306 g/mol. The number of anilines is 1. The molecule has 0 saturated carbocycles. The van der Waals surface area contributed by atoms with Crippen molar-refractivity contribution >= 4 is 22.5 Å². The van der Waals surface area contributed by atoms with E-state index in [1.54, 1.807) is 6.20 Å². The largest absolute Gasteiger partial charge is 0.326 e. The third-order valence-electron chi connectivity index (χ3n) is 4.36. The quantitative estimate of drug-likeness (QED) is 0.781. The van der Waals surface area contributed by atoms with Gasteiger partial charge in [0.1, 0.15) is 0 Å². The van der Waals surface area contributed by atoms with E-state index >= 15 is 0 Å². The van der Waals surface area contributed by atoms with Gasteiger partial charge < -0.3 is 5.32 Å². The standard InChI is InChI=1S/C18H18N4O/c23-18(11-17-14-5-1-2-6-15(14)21-22-17)20-13-8-7-12-4-3-9-19-16(12)10-13/h3-4,7-10H,1-2,5-6,11H2,(H,20,23)(H,21,22). The van der Waals surface area contributed by atoms with Crippen molar-refractivity contribution in [2.24, 2.45) is 0 Å². The first-order valence-electron chi connectivity index (χ1n) is 7.99. The molecule has 1 amide bonds. The molecule has 23 heavy (non-hydrogen) atoms. The predicted molar refractivity (Wildman–Crippen MR) is 89.3 cm³/mol. The van der Waals surface area contributed by atoms with Crippen molar-refractivity contribution in [1.82, 2.24) is 15.2 Å². The lowest BCUT2D eigenvalue weighted by molar-refractivity contribution is -0.115. The maximum atomic E-state index is 12.3. The molecular formula is C18H18N4O. The fourth-order valence-electron chi connectivity index (χ4n) is 3.20. The van der Waals surface area contributed by atoms with Crippen LogP contribution in [0.15, 0.2) is 36.5 Å². The summed E-state index contributed by atoms with van der Waals surface area (Å²) in [7, 11) is 0. The van der Waals surface area contributed by atoms with Gasteiger partial charge in [-0.15, -0.1) is 0 Å². The maximum Gasteiger partial charge on any atom is 0.230 e. The molecule has 0 saturated heterocycles. The number of carbonyl (C=O) groups excluding carboxylic acids is 1. The molecule has 1 aromatic carbocycles. The van der Waals surface area contributed by atoms with E-state index in [1.165, 1.54) is 24.1 Å². The normalized spacial score (nSPS) is 13.7. The number of carbonyl (C=O) groups is 1. The number of hydrogen-bond donors (Lipinski definition) is 2. The van der Waals surface area contributed by atoms with Crippen LogP contribution < -0.4 is 5.32 Å². The molecule has 116 valence electrons. The van der Waals surface area contributed by atoms with Gasteiger partial charge >= 0.3 is 0 Å². The summed E-state index contributed by atoms with van der Waals surface area (Å²) in [5, 5.41) is 11.4. The van der Waals surface area contributed by atoms with Gasteiger partial charge in [-0.3, -0.25) is 14.9 Å². The minimum atomic E-state index is -0.0415. The van der Waals surface area contributed by atoms with E-state index in [1.807, 2.05) is 30.3 Å². The minimum absolute atomic E-state index is 0.0415. The van der Waals surface area contributed by atoms with Gasteiger partial charge in [0.25, 0.3) is 0 Å². The highest BCUT2D eigenvalue weighted by atomic mass is 16.1. The van der Waals surface area contributed by atoms with Crippen LogP contribution in [0.2, 0.25) is 0 Å². The average Bonchev–Trinajstić information content (AvgIpc) is 2.98. The molecule has 1 aliphatic carbocycles. The van der Waals surface area contributed by atoms with Gasteiger partial charge in [0.2, 0.25) is 5.91 Å². The summed E-state index contributed by atoms with van der Waals surface area (Å²) in [5.41, 5.74) is 4.98. The smallest absolute Gasteiger partial charge is 0.230 e. The number of fused-ring (bicyclic) bond motifs is 2. The fraction of sp³-hybridized carbons (Fsp3) is 0.278. The number of benzene rings is 1. The van der Waals surface area contributed by atoms with Crippen molar-refractivity contribution in [2.45, 2.75) is 32.1 Å². The first-order valence-corrected chi connectivity index (χ1v) is 7.99. The van der Waals surface area contributed by atoms with E-state index in [0.717, 1.165) is 35.1 Å². The van der Waals surface area contributed by atoms with Crippen molar-refractivity contribution in [3.63, 3.8) is 0 Å². The van der Waals surface area contributed by atoms with Crippen LogP contribution in [-0.2, 0) is 24.1 Å². The van der Waals surface area contributed by atoms with E-state index in [0.29, 0.717) is 6.42 Å². The molecule has 5 nitrogen and oxygen atoms in total. The lowest BCUT2D eigenvalue weighted by Gasteiger charge is -2.11. The van der Waals surface area contributed by atoms with Crippen molar-refractivity contribution < 1.29 is 4.79 Å². The number of rotatable bonds is 3. The number of aromatic amines is 1. The van der Waals surface area contributed by atoms with E-state index in [2.05, 4.69) is 20.5 Å². The fourth-order valence-corrected chi connectivity index (χ4v) is 3.20. The van der Waals surface area contributed by atoms with Crippen LogP contribution in [0.3, 0.4) is 0 Å². The van der Waals surface area contributed by atoms with Crippen LogP contribution in [0, 0.1) is 0 Å². The molecule has 5 heteroatoms. The summed E-state index contributed by atoms with van der Waals surface area (Å²) in [6, 6.07) is 9.68. The Kier molecular flexibility index (Phi) is 3.54. The van der Waals surface area contributed by atoms with Crippen molar-refractivity contribution in [2.75, 3.05) is 5.32 Å². The molecule has 0 atom stereocenters. The van der Waals surface area contributed by atoms with Gasteiger partial charge in [-0.2, -0.15) is 5.10 Å². The van der Waals surface area contributed by atoms with E-state index in [9.17, 15) is 4.79 Å². The highest BCUT2D eigenvalue weighted by Gasteiger charge is 2.18. The molecule has 0 bridgehead atoms. The summed E-state index contributed by atoms with van der Waals surface area (Å²) < 4.78 is 0. The molecule has 0 spiro atoms. The Morgan fingerprint density at radius 1 is 1.22 bits per heavy atom. The third-order valence-corrected chi connectivity index (χ3v) is 4.36. The van der Waals surface area contributed by atoms with E-state index in [4.69, 9.17) is 0 Å². The maximum absolute atomic E-state index is 12.3. The molecule has 0 unspecified atom stereocenters. The number of nitrogens with zero attached hydrogens (tertiary/aromatic N) is 2. The zero-order valence-corrected chi connectivity index (χ0v) is 12.8. The van der Waals surface area contributed by atoms with Crippen molar-refractivity contribution in [3.8, 4) is 0 Å². The molecule has 4 rings (SSSR count). The topological polar surface area (TPSA) is 70.7 Å². The van der Waals surface area contributed by atoms with Gasteiger partial charge in [-0.05, 0) is 49.4 Å². The van der Waals surface area contributed by atoms with Gasteiger partial charge in [0.15, 0.2) is 0 Å². The van der Waals surface area contributed by atoms with Gasteiger partial charge in [0.05, 0.1) is 17.6 Å². The molecule has 3 aromatic rings. The van der Waals surface area contributed by atoms with Crippen LogP contribution in [0.1, 0.15) is 29.8 Å². The number of aryl methyl sites for hydroxylation is 1. The third kappa shape index (κ3) is 2.82. The second-order valence-electron chi connectivity index (χ2n) is 5.97.